The molecule has 0 bridgehead atoms. The van der Waals surface area contributed by atoms with E-state index in [1.165, 1.54) is 5.56 Å². The normalized spacial score (nSPS) is 11.3. The van der Waals surface area contributed by atoms with Gasteiger partial charge in [0.15, 0.2) is 0 Å². The fraction of sp³-hybridized carbons (Fsp3) is 0.185. The topological polar surface area (TPSA) is 72.1 Å². The van der Waals surface area contributed by atoms with Crippen LogP contribution in [0.5, 0.6) is 0 Å². The van der Waals surface area contributed by atoms with Crippen LogP contribution in [0.4, 0.5) is 5.69 Å². The Morgan fingerprint density at radius 3 is 2.45 bits per heavy atom. The third-order valence-corrected chi connectivity index (χ3v) is 6.23. The van der Waals surface area contributed by atoms with Crippen LogP contribution in [0, 0.1) is 13.8 Å². The van der Waals surface area contributed by atoms with Gasteiger partial charge in [-0.3, -0.25) is 4.79 Å². The Morgan fingerprint density at radius 1 is 1.00 bits per heavy atom. The van der Waals surface area contributed by atoms with Crippen LogP contribution in [0.3, 0.4) is 0 Å². The predicted octanol–water partition coefficient (Wildman–Crippen LogP) is 5.52. The third kappa shape index (κ3) is 3.44. The van der Waals surface area contributed by atoms with Crippen LogP contribution in [0.2, 0.25) is 0 Å². The lowest BCUT2D eigenvalue weighted by molar-refractivity contribution is 0.0965. The number of hydrogen-bond donors (Lipinski definition) is 2. The Kier molecular flexibility index (Phi) is 5.13. The van der Waals surface area contributed by atoms with E-state index in [1.54, 1.807) is 7.05 Å². The molecule has 0 aliphatic carbocycles. The van der Waals surface area contributed by atoms with E-state index in [-0.39, 0.29) is 5.91 Å². The minimum absolute atomic E-state index is 0.123. The van der Waals surface area contributed by atoms with Crippen molar-refractivity contribution in [2.24, 2.45) is 0 Å². The Labute approximate surface area is 192 Å². The molecule has 3 aromatic carbocycles. The second kappa shape index (κ2) is 8.13. The van der Waals surface area contributed by atoms with E-state index in [4.69, 9.17) is 4.52 Å². The van der Waals surface area contributed by atoms with Crippen LogP contribution < -0.4 is 10.6 Å². The van der Waals surface area contributed by atoms with Gasteiger partial charge in [-0.2, -0.15) is 0 Å². The number of amides is 1. The van der Waals surface area contributed by atoms with Gasteiger partial charge in [-0.05, 0) is 55.3 Å². The lowest BCUT2D eigenvalue weighted by atomic mass is 9.97. The van der Waals surface area contributed by atoms with Gasteiger partial charge in [-0.15, -0.1) is 0 Å². The molecule has 0 atom stereocenters. The lowest BCUT2D eigenvalue weighted by Crippen LogP contribution is -2.18. The minimum atomic E-state index is -0.123. The number of carbonyl (C=O) groups is 1. The molecule has 2 N–H and O–H groups in total. The molecule has 33 heavy (non-hydrogen) atoms. The average molecular weight is 439 g/mol. The summed E-state index contributed by atoms with van der Waals surface area (Å²) in [7, 11) is 3.57. The SMILES string of the molecule is CNC(=O)c1cc(-c2c(C)noc2C)cc2c1c1cc(NC)ccc1n2Cc1ccccc1. The largest absolute Gasteiger partial charge is 0.388 e. The summed E-state index contributed by atoms with van der Waals surface area (Å²) in [5.41, 5.74) is 7.55. The number of fused-ring (bicyclic) bond motifs is 3. The number of nitrogens with zero attached hydrogens (tertiary/aromatic N) is 2. The van der Waals surface area contributed by atoms with E-state index >= 15 is 0 Å². The highest BCUT2D eigenvalue weighted by molar-refractivity contribution is 6.19. The molecule has 0 aliphatic rings. The van der Waals surface area contributed by atoms with Crippen molar-refractivity contribution in [1.29, 1.82) is 0 Å². The number of rotatable bonds is 5. The number of nitrogens with one attached hydrogen (secondary N) is 2. The molecule has 2 heterocycles. The van der Waals surface area contributed by atoms with Crippen LogP contribution in [-0.2, 0) is 6.54 Å². The molecule has 6 heteroatoms. The first-order valence-electron chi connectivity index (χ1n) is 11.0. The number of aryl methyl sites for hydroxylation is 2. The van der Waals surface area contributed by atoms with Gasteiger partial charge >= 0.3 is 0 Å². The molecule has 0 spiro atoms. The van der Waals surface area contributed by atoms with E-state index < -0.39 is 0 Å². The van der Waals surface area contributed by atoms with Crippen molar-refractivity contribution in [3.05, 3.63) is 83.2 Å². The van der Waals surface area contributed by atoms with E-state index in [1.807, 2.05) is 45.2 Å². The summed E-state index contributed by atoms with van der Waals surface area (Å²) in [4.78, 5) is 13.1. The van der Waals surface area contributed by atoms with Gasteiger partial charge in [0.25, 0.3) is 5.91 Å². The highest BCUT2D eigenvalue weighted by atomic mass is 16.5. The summed E-state index contributed by atoms with van der Waals surface area (Å²) >= 11 is 0. The maximum atomic E-state index is 13.1. The van der Waals surface area contributed by atoms with Crippen molar-refractivity contribution in [1.82, 2.24) is 15.0 Å². The van der Waals surface area contributed by atoms with E-state index in [0.717, 1.165) is 50.1 Å². The number of benzene rings is 3. The van der Waals surface area contributed by atoms with Gasteiger partial charge in [0.1, 0.15) is 5.76 Å². The monoisotopic (exact) mass is 438 g/mol. The predicted molar refractivity (Wildman–Crippen MR) is 133 cm³/mol. The maximum Gasteiger partial charge on any atom is 0.251 e. The molecule has 0 unspecified atom stereocenters. The Bertz CT molecular complexity index is 1480. The number of aromatic nitrogens is 2. The van der Waals surface area contributed by atoms with Crippen LogP contribution in [-0.4, -0.2) is 29.7 Å². The van der Waals surface area contributed by atoms with Gasteiger partial charge in [-0.1, -0.05) is 35.5 Å². The Balaban J connectivity index is 1.90. The molecule has 0 aliphatic heterocycles. The third-order valence-electron chi connectivity index (χ3n) is 6.23. The first-order chi connectivity index (χ1) is 16.0. The van der Waals surface area contributed by atoms with Crippen molar-refractivity contribution in [3.63, 3.8) is 0 Å². The molecule has 0 saturated carbocycles. The fourth-order valence-electron chi connectivity index (χ4n) is 4.67. The van der Waals surface area contributed by atoms with Gasteiger partial charge in [0.2, 0.25) is 0 Å². The number of carbonyl (C=O) groups excluding carboxylic acids is 1. The van der Waals surface area contributed by atoms with Crippen LogP contribution in [0.15, 0.2) is 65.2 Å². The van der Waals surface area contributed by atoms with Crippen molar-refractivity contribution >= 4 is 33.4 Å². The van der Waals surface area contributed by atoms with Crippen LogP contribution in [0.1, 0.15) is 27.4 Å². The zero-order chi connectivity index (χ0) is 23.1. The first-order valence-corrected chi connectivity index (χ1v) is 11.0. The summed E-state index contributed by atoms with van der Waals surface area (Å²) < 4.78 is 7.72. The first kappa shape index (κ1) is 20.8. The Morgan fingerprint density at radius 2 is 1.79 bits per heavy atom. The molecule has 5 aromatic rings. The minimum Gasteiger partial charge on any atom is -0.388 e. The van der Waals surface area contributed by atoms with Crippen LogP contribution >= 0.6 is 0 Å². The van der Waals surface area contributed by atoms with Gasteiger partial charge < -0.3 is 19.7 Å². The van der Waals surface area contributed by atoms with E-state index in [9.17, 15) is 4.79 Å². The van der Waals surface area contributed by atoms with Crippen LogP contribution in [0.25, 0.3) is 32.9 Å². The average Bonchev–Trinajstić information content (AvgIpc) is 3.34. The molecule has 166 valence electrons. The standard InChI is InChI=1S/C27H26N4O2/c1-16-25(17(2)33-30-16)19-12-22(27(32)29-4)26-21-14-20(28-3)10-11-23(21)31(24(26)13-19)15-18-8-6-5-7-9-18/h5-14,28H,15H2,1-4H3,(H,29,32). The van der Waals surface area contributed by atoms with Gasteiger partial charge in [0, 0.05) is 53.7 Å². The maximum absolute atomic E-state index is 13.1. The van der Waals surface area contributed by atoms with Gasteiger partial charge in [0.05, 0.1) is 11.2 Å². The fourth-order valence-corrected chi connectivity index (χ4v) is 4.67. The molecule has 1 amide bonds. The summed E-state index contributed by atoms with van der Waals surface area (Å²) in [6, 6.07) is 20.8. The van der Waals surface area contributed by atoms with E-state index in [0.29, 0.717) is 12.1 Å². The summed E-state index contributed by atoms with van der Waals surface area (Å²) in [6.45, 7) is 4.52. The molecule has 0 radical (unpaired) electrons. The summed E-state index contributed by atoms with van der Waals surface area (Å²) in [5.74, 6) is 0.611. The number of hydrogen-bond acceptors (Lipinski definition) is 4. The molecule has 6 nitrogen and oxygen atoms in total. The molecular weight excluding hydrogens is 412 g/mol. The zero-order valence-electron chi connectivity index (χ0n) is 19.2. The second-order valence-electron chi connectivity index (χ2n) is 8.25. The van der Waals surface area contributed by atoms with Gasteiger partial charge in [-0.25, -0.2) is 0 Å². The lowest BCUT2D eigenvalue weighted by Gasteiger charge is -2.11. The summed E-state index contributed by atoms with van der Waals surface area (Å²) in [6.07, 6.45) is 0. The Hall–Kier alpha value is -4.06. The smallest absolute Gasteiger partial charge is 0.251 e. The highest BCUT2D eigenvalue weighted by Crippen LogP contribution is 2.38. The van der Waals surface area contributed by atoms with E-state index in [2.05, 4.69) is 56.8 Å². The molecule has 0 saturated heterocycles. The highest BCUT2D eigenvalue weighted by Gasteiger charge is 2.22. The molecular formula is C27H26N4O2. The second-order valence-corrected chi connectivity index (χ2v) is 8.25. The van der Waals surface area contributed by atoms with Crippen molar-refractivity contribution in [2.75, 3.05) is 19.4 Å². The van der Waals surface area contributed by atoms with Crippen molar-refractivity contribution in [2.45, 2.75) is 20.4 Å². The quantitative estimate of drug-likeness (QED) is 0.379. The molecule has 5 rings (SSSR count). The van der Waals surface area contributed by atoms with Crippen molar-refractivity contribution < 1.29 is 9.32 Å². The molecule has 0 fully saturated rings. The zero-order valence-corrected chi connectivity index (χ0v) is 19.2. The molecule has 2 aromatic heterocycles. The van der Waals surface area contributed by atoms with Crippen molar-refractivity contribution in [3.8, 4) is 11.1 Å². The summed E-state index contributed by atoms with van der Waals surface area (Å²) in [5, 5.41) is 12.2. The number of anilines is 1.